The minimum absolute atomic E-state index is 0.248. The predicted molar refractivity (Wildman–Crippen MR) is 77.8 cm³/mol. The fourth-order valence-corrected chi connectivity index (χ4v) is 2.93. The van der Waals surface area contributed by atoms with Gasteiger partial charge in [-0.15, -0.1) is 0 Å². The van der Waals surface area contributed by atoms with E-state index >= 15 is 0 Å². The molecular weight excluding hydrogens is 273 g/mol. The van der Waals surface area contributed by atoms with Crippen LogP contribution in [0.25, 0.3) is 0 Å². The number of benzene rings is 1. The number of nitrogens with zero attached hydrogens (tertiary/aromatic N) is 1. The van der Waals surface area contributed by atoms with Crippen LogP contribution in [0.4, 0.5) is 4.39 Å². The van der Waals surface area contributed by atoms with E-state index < -0.39 is 11.4 Å². The van der Waals surface area contributed by atoms with Gasteiger partial charge in [0.15, 0.2) is 11.6 Å². The zero-order chi connectivity index (χ0) is 15.5. The molecule has 2 rings (SSSR count). The maximum absolute atomic E-state index is 14.1. The zero-order valence-electron chi connectivity index (χ0n) is 12.6. The van der Waals surface area contributed by atoms with Crippen LogP contribution in [-0.2, 0) is 11.3 Å². The molecular formula is C16H22FNO3. The Morgan fingerprint density at radius 2 is 2.10 bits per heavy atom. The predicted octanol–water partition coefficient (Wildman–Crippen LogP) is 2.91. The summed E-state index contributed by atoms with van der Waals surface area (Å²) in [5.74, 6) is -0.791. The Balaban J connectivity index is 2.03. The largest absolute Gasteiger partial charge is 0.494 e. The van der Waals surface area contributed by atoms with Crippen LogP contribution >= 0.6 is 0 Å². The maximum Gasteiger partial charge on any atom is 0.309 e. The molecule has 1 aromatic rings. The lowest BCUT2D eigenvalue weighted by Crippen LogP contribution is -2.43. The molecule has 0 radical (unpaired) electrons. The molecule has 5 heteroatoms. The third-order valence-corrected chi connectivity index (χ3v) is 4.60. The summed E-state index contributed by atoms with van der Waals surface area (Å²) in [6.07, 6.45) is 1.87. The lowest BCUT2D eigenvalue weighted by atomic mass is 9.76. The molecule has 0 bridgehead atoms. The number of methoxy groups -OCH3 is 1. The summed E-state index contributed by atoms with van der Waals surface area (Å²) in [6, 6.07) is 5.12. The molecule has 0 aromatic heterocycles. The molecule has 1 saturated heterocycles. The molecule has 0 aliphatic carbocycles. The summed E-state index contributed by atoms with van der Waals surface area (Å²) in [6.45, 7) is 3.77. The van der Waals surface area contributed by atoms with Crippen LogP contribution in [0.2, 0.25) is 0 Å². The van der Waals surface area contributed by atoms with Gasteiger partial charge in [0, 0.05) is 12.1 Å². The van der Waals surface area contributed by atoms with Crippen molar-refractivity contribution in [2.24, 2.45) is 5.41 Å². The molecule has 1 aromatic carbocycles. The summed E-state index contributed by atoms with van der Waals surface area (Å²) < 4.78 is 19.1. The van der Waals surface area contributed by atoms with Crippen molar-refractivity contribution in [3.05, 3.63) is 29.6 Å². The number of aliphatic carboxylic acids is 1. The van der Waals surface area contributed by atoms with Crippen LogP contribution in [0.1, 0.15) is 31.7 Å². The van der Waals surface area contributed by atoms with Crippen LogP contribution in [0.15, 0.2) is 18.2 Å². The lowest BCUT2D eigenvalue weighted by Gasteiger charge is -2.38. The molecule has 1 aliphatic rings. The normalized spacial score (nSPS) is 18.4. The van der Waals surface area contributed by atoms with E-state index in [4.69, 9.17) is 4.74 Å². The second-order valence-electron chi connectivity index (χ2n) is 5.65. The number of carbonyl (C=O) groups is 1. The second-order valence-corrected chi connectivity index (χ2v) is 5.65. The van der Waals surface area contributed by atoms with E-state index in [9.17, 15) is 14.3 Å². The number of carboxylic acids is 1. The van der Waals surface area contributed by atoms with Gasteiger partial charge < -0.3 is 9.84 Å². The number of piperidine rings is 1. The highest BCUT2D eigenvalue weighted by atomic mass is 19.1. The molecule has 4 nitrogen and oxygen atoms in total. The number of rotatable bonds is 5. The van der Waals surface area contributed by atoms with Crippen molar-refractivity contribution in [3.63, 3.8) is 0 Å². The van der Waals surface area contributed by atoms with E-state index in [2.05, 4.69) is 4.90 Å². The lowest BCUT2D eigenvalue weighted by molar-refractivity contribution is -0.152. The molecule has 1 heterocycles. The Morgan fingerprint density at radius 3 is 2.62 bits per heavy atom. The highest BCUT2D eigenvalue weighted by Crippen LogP contribution is 2.35. The third-order valence-electron chi connectivity index (χ3n) is 4.60. The van der Waals surface area contributed by atoms with Crippen LogP contribution in [0.3, 0.4) is 0 Å². The minimum atomic E-state index is -0.711. The Hall–Kier alpha value is -1.62. The van der Waals surface area contributed by atoms with Crippen LogP contribution in [-0.4, -0.2) is 36.2 Å². The molecule has 0 atom stereocenters. The number of halogens is 1. The highest BCUT2D eigenvalue weighted by Gasteiger charge is 2.39. The van der Waals surface area contributed by atoms with Gasteiger partial charge in [-0.1, -0.05) is 19.1 Å². The third kappa shape index (κ3) is 3.18. The number of hydrogen-bond acceptors (Lipinski definition) is 3. The van der Waals surface area contributed by atoms with E-state index in [0.717, 1.165) is 0 Å². The van der Waals surface area contributed by atoms with Crippen LogP contribution < -0.4 is 4.74 Å². The van der Waals surface area contributed by atoms with Gasteiger partial charge >= 0.3 is 5.97 Å². The Kier molecular flexibility index (Phi) is 4.83. The molecule has 1 fully saturated rings. The topological polar surface area (TPSA) is 49.8 Å². The first-order chi connectivity index (χ1) is 10.0. The summed E-state index contributed by atoms with van der Waals surface area (Å²) >= 11 is 0. The van der Waals surface area contributed by atoms with Gasteiger partial charge in [-0.05, 0) is 38.4 Å². The molecule has 0 saturated carbocycles. The van der Waals surface area contributed by atoms with E-state index in [1.807, 2.05) is 6.92 Å². The molecule has 1 aliphatic heterocycles. The van der Waals surface area contributed by atoms with E-state index in [0.29, 0.717) is 44.5 Å². The summed E-state index contributed by atoms with van der Waals surface area (Å²) in [5, 5.41) is 9.38. The average molecular weight is 295 g/mol. The van der Waals surface area contributed by atoms with Gasteiger partial charge in [0.1, 0.15) is 0 Å². The van der Waals surface area contributed by atoms with Crippen molar-refractivity contribution in [3.8, 4) is 5.75 Å². The van der Waals surface area contributed by atoms with E-state index in [1.165, 1.54) is 7.11 Å². The number of ether oxygens (including phenoxy) is 1. The first-order valence-electron chi connectivity index (χ1n) is 7.29. The van der Waals surface area contributed by atoms with Gasteiger partial charge in [0.05, 0.1) is 12.5 Å². The van der Waals surface area contributed by atoms with Crippen molar-refractivity contribution < 1.29 is 19.0 Å². The Bertz CT molecular complexity index is 510. The summed E-state index contributed by atoms with van der Waals surface area (Å²) in [5.41, 5.74) is -0.0164. The van der Waals surface area contributed by atoms with Crippen LogP contribution in [0.5, 0.6) is 5.75 Å². The fourth-order valence-electron chi connectivity index (χ4n) is 2.93. The van der Waals surface area contributed by atoms with Crippen molar-refractivity contribution in [2.75, 3.05) is 20.2 Å². The zero-order valence-corrected chi connectivity index (χ0v) is 12.6. The SMILES string of the molecule is CCC1(C(=O)O)CCN(Cc2cccc(OC)c2F)CC1. The van der Waals surface area contributed by atoms with Crippen molar-refractivity contribution in [2.45, 2.75) is 32.7 Å². The van der Waals surface area contributed by atoms with Crippen molar-refractivity contribution >= 4 is 5.97 Å². The molecule has 116 valence electrons. The molecule has 0 unspecified atom stereocenters. The molecule has 0 amide bonds. The fraction of sp³-hybridized carbons (Fsp3) is 0.562. The standard InChI is InChI=1S/C16H22FNO3/c1-3-16(15(19)20)7-9-18(10-8-16)11-12-5-4-6-13(21-2)14(12)17/h4-6H,3,7-11H2,1-2H3,(H,19,20). The maximum atomic E-state index is 14.1. The second kappa shape index (κ2) is 6.43. The molecule has 21 heavy (non-hydrogen) atoms. The number of likely N-dealkylation sites (tertiary alicyclic amines) is 1. The van der Waals surface area contributed by atoms with Gasteiger partial charge in [-0.2, -0.15) is 0 Å². The number of carboxylic acid groups (broad SMARTS) is 1. The van der Waals surface area contributed by atoms with Crippen molar-refractivity contribution in [1.82, 2.24) is 4.90 Å². The highest BCUT2D eigenvalue weighted by molar-refractivity contribution is 5.74. The molecule has 0 spiro atoms. The summed E-state index contributed by atoms with van der Waals surface area (Å²) in [4.78, 5) is 13.5. The van der Waals surface area contributed by atoms with E-state index in [1.54, 1.807) is 18.2 Å². The van der Waals surface area contributed by atoms with Gasteiger partial charge in [0.25, 0.3) is 0 Å². The first kappa shape index (κ1) is 15.8. The average Bonchev–Trinajstić information content (AvgIpc) is 2.50. The van der Waals surface area contributed by atoms with Gasteiger partial charge in [-0.3, -0.25) is 9.69 Å². The quantitative estimate of drug-likeness (QED) is 0.907. The van der Waals surface area contributed by atoms with E-state index in [-0.39, 0.29) is 11.6 Å². The van der Waals surface area contributed by atoms with Gasteiger partial charge in [0.2, 0.25) is 0 Å². The Morgan fingerprint density at radius 1 is 1.43 bits per heavy atom. The number of hydrogen-bond donors (Lipinski definition) is 1. The van der Waals surface area contributed by atoms with Crippen LogP contribution in [0, 0.1) is 11.2 Å². The smallest absolute Gasteiger partial charge is 0.309 e. The van der Waals surface area contributed by atoms with Crippen molar-refractivity contribution in [1.29, 1.82) is 0 Å². The van der Waals surface area contributed by atoms with Gasteiger partial charge in [-0.25, -0.2) is 4.39 Å². The first-order valence-corrected chi connectivity index (χ1v) is 7.29. The monoisotopic (exact) mass is 295 g/mol. The minimum Gasteiger partial charge on any atom is -0.494 e. The molecule has 1 N–H and O–H groups in total. The Labute approximate surface area is 124 Å². The summed E-state index contributed by atoms with van der Waals surface area (Å²) in [7, 11) is 1.45.